The van der Waals surface area contributed by atoms with Crippen LogP contribution >= 0.6 is 0 Å². The third-order valence-corrected chi connectivity index (χ3v) is 6.25. The molecule has 1 saturated carbocycles. The second-order valence-corrected chi connectivity index (χ2v) is 8.35. The van der Waals surface area contributed by atoms with Crippen molar-refractivity contribution in [1.82, 2.24) is 4.90 Å². The number of rotatable bonds is 7. The van der Waals surface area contributed by atoms with E-state index in [4.69, 9.17) is 15.2 Å². The van der Waals surface area contributed by atoms with Crippen LogP contribution in [0.4, 0.5) is 8.78 Å². The summed E-state index contributed by atoms with van der Waals surface area (Å²) in [7, 11) is 1.37. The third kappa shape index (κ3) is 4.43. The predicted molar refractivity (Wildman–Crippen MR) is 110 cm³/mol. The van der Waals surface area contributed by atoms with Crippen molar-refractivity contribution in [3.05, 3.63) is 48.0 Å². The first-order valence-corrected chi connectivity index (χ1v) is 10.4. The quantitative estimate of drug-likeness (QED) is 0.724. The summed E-state index contributed by atoms with van der Waals surface area (Å²) < 4.78 is 39.0. The molecule has 3 N–H and O–H groups in total. The molecule has 2 unspecified atom stereocenters. The Balaban J connectivity index is 1.40. The number of hydrogen-bond acceptors (Lipinski definition) is 5. The second kappa shape index (κ2) is 8.88. The molecular weight excluding hydrogens is 390 g/mol. The van der Waals surface area contributed by atoms with Crippen LogP contribution in [-0.2, 0) is 0 Å². The smallest absolute Gasteiger partial charge is 0.165 e. The van der Waals surface area contributed by atoms with E-state index in [0.717, 1.165) is 25.9 Å². The lowest BCUT2D eigenvalue weighted by Crippen LogP contribution is -2.51. The van der Waals surface area contributed by atoms with Crippen molar-refractivity contribution < 1.29 is 23.4 Å². The Kier molecular flexibility index (Phi) is 6.22. The normalized spacial score (nSPS) is 24.6. The molecule has 2 bridgehead atoms. The van der Waals surface area contributed by atoms with E-state index in [2.05, 4.69) is 4.90 Å². The Morgan fingerprint density at radius 3 is 2.60 bits per heavy atom. The molecule has 162 valence electrons. The number of piperidine rings is 1. The molecule has 2 aromatic carbocycles. The number of methoxy groups -OCH3 is 1. The zero-order valence-electron chi connectivity index (χ0n) is 17.1. The number of hydrogen-bond donors (Lipinski definition) is 2. The minimum absolute atomic E-state index is 0.0427. The number of para-hydroxylation sites is 1. The molecule has 0 aromatic heterocycles. The fraction of sp³-hybridized carbons (Fsp3) is 0.478. The Hall–Kier alpha value is -2.22. The predicted octanol–water partition coefficient (Wildman–Crippen LogP) is 3.05. The molecule has 5 nitrogen and oxygen atoms in total. The lowest BCUT2D eigenvalue weighted by molar-refractivity contribution is 0.0451. The van der Waals surface area contributed by atoms with Crippen molar-refractivity contribution in [2.24, 2.45) is 17.6 Å². The number of aliphatic hydroxyl groups excluding tert-OH is 1. The average Bonchev–Trinajstić information content (AvgIpc) is 2.92. The van der Waals surface area contributed by atoms with Crippen molar-refractivity contribution in [2.45, 2.75) is 25.0 Å². The van der Waals surface area contributed by atoms with E-state index < -0.39 is 17.7 Å². The fourth-order valence-corrected chi connectivity index (χ4v) is 4.80. The summed E-state index contributed by atoms with van der Waals surface area (Å²) in [5.74, 6) is 0.299. The van der Waals surface area contributed by atoms with Gasteiger partial charge in [0.25, 0.3) is 0 Å². The summed E-state index contributed by atoms with van der Waals surface area (Å²) >= 11 is 0. The number of fused-ring (bicyclic) bond motifs is 2. The van der Waals surface area contributed by atoms with Gasteiger partial charge in [0.15, 0.2) is 11.6 Å². The van der Waals surface area contributed by atoms with Crippen LogP contribution in [0.3, 0.4) is 0 Å². The van der Waals surface area contributed by atoms with Crippen LogP contribution in [0.25, 0.3) is 11.1 Å². The molecule has 1 saturated heterocycles. The van der Waals surface area contributed by atoms with Crippen LogP contribution in [0.5, 0.6) is 11.5 Å². The van der Waals surface area contributed by atoms with Gasteiger partial charge < -0.3 is 20.3 Å². The molecule has 7 heteroatoms. The van der Waals surface area contributed by atoms with Crippen LogP contribution in [0.2, 0.25) is 0 Å². The van der Waals surface area contributed by atoms with Gasteiger partial charge in [-0.05, 0) is 48.4 Å². The van der Waals surface area contributed by atoms with Crippen LogP contribution < -0.4 is 15.2 Å². The van der Waals surface area contributed by atoms with Crippen molar-refractivity contribution in [3.8, 4) is 22.6 Å². The number of aliphatic hydroxyl groups is 1. The molecule has 1 heterocycles. The van der Waals surface area contributed by atoms with E-state index >= 15 is 0 Å². The molecule has 1 aliphatic heterocycles. The Bertz CT molecular complexity index is 881. The second-order valence-electron chi connectivity index (χ2n) is 8.35. The minimum atomic E-state index is -0.700. The van der Waals surface area contributed by atoms with E-state index in [0.29, 0.717) is 29.5 Å². The number of halogens is 2. The topological polar surface area (TPSA) is 68.0 Å². The molecule has 2 aromatic rings. The Morgan fingerprint density at radius 2 is 1.90 bits per heavy atom. The lowest BCUT2D eigenvalue weighted by atomic mass is 9.93. The van der Waals surface area contributed by atoms with Crippen LogP contribution in [0, 0.1) is 23.5 Å². The van der Waals surface area contributed by atoms with Gasteiger partial charge in [0.2, 0.25) is 0 Å². The van der Waals surface area contributed by atoms with Gasteiger partial charge in [-0.3, -0.25) is 4.90 Å². The van der Waals surface area contributed by atoms with Crippen molar-refractivity contribution in [1.29, 1.82) is 0 Å². The van der Waals surface area contributed by atoms with Gasteiger partial charge in [-0.2, -0.15) is 0 Å². The summed E-state index contributed by atoms with van der Waals surface area (Å²) in [6, 6.07) is 8.93. The number of benzene rings is 2. The molecule has 0 spiro atoms. The summed E-state index contributed by atoms with van der Waals surface area (Å²) in [5, 5.41) is 10.4. The first-order chi connectivity index (χ1) is 14.4. The highest BCUT2D eigenvalue weighted by Crippen LogP contribution is 2.36. The maximum Gasteiger partial charge on any atom is 0.165 e. The van der Waals surface area contributed by atoms with E-state index in [1.165, 1.54) is 25.3 Å². The summed E-state index contributed by atoms with van der Waals surface area (Å²) in [5.41, 5.74) is 7.11. The van der Waals surface area contributed by atoms with Gasteiger partial charge in [0.05, 0.1) is 7.11 Å². The summed E-state index contributed by atoms with van der Waals surface area (Å²) in [4.78, 5) is 2.24. The maximum atomic E-state index is 14.2. The van der Waals surface area contributed by atoms with E-state index in [1.54, 1.807) is 18.2 Å². The fourth-order valence-electron chi connectivity index (χ4n) is 4.80. The first-order valence-electron chi connectivity index (χ1n) is 10.4. The van der Waals surface area contributed by atoms with Gasteiger partial charge >= 0.3 is 0 Å². The molecule has 4 atom stereocenters. The molecule has 0 radical (unpaired) electrons. The van der Waals surface area contributed by atoms with Crippen molar-refractivity contribution >= 4 is 0 Å². The number of ether oxygens (including phenoxy) is 2. The third-order valence-electron chi connectivity index (χ3n) is 6.25. The molecule has 1 aliphatic carbocycles. The highest BCUT2D eigenvalue weighted by atomic mass is 19.1. The average molecular weight is 418 g/mol. The molecule has 30 heavy (non-hydrogen) atoms. The van der Waals surface area contributed by atoms with Gasteiger partial charge in [0, 0.05) is 37.3 Å². The zero-order valence-corrected chi connectivity index (χ0v) is 17.1. The SMILES string of the molecule is COc1c(F)cccc1-c1cc(F)cc(OCC(O)CN2C[C@H]3CC[C@@H](C2)C3N)c1. The van der Waals surface area contributed by atoms with E-state index in [-0.39, 0.29) is 24.1 Å². The van der Waals surface area contributed by atoms with Gasteiger partial charge in [-0.1, -0.05) is 12.1 Å². The minimum Gasteiger partial charge on any atom is -0.493 e. The van der Waals surface area contributed by atoms with Gasteiger partial charge in [-0.15, -0.1) is 0 Å². The largest absolute Gasteiger partial charge is 0.493 e. The summed E-state index contributed by atoms with van der Waals surface area (Å²) in [6.07, 6.45) is 1.61. The van der Waals surface area contributed by atoms with Crippen molar-refractivity contribution in [3.63, 3.8) is 0 Å². The Labute approximate surface area is 175 Å². The first kappa shape index (κ1) is 21.0. The highest BCUT2D eigenvalue weighted by Gasteiger charge is 2.39. The number of nitrogens with zero attached hydrogens (tertiary/aromatic N) is 1. The highest BCUT2D eigenvalue weighted by molar-refractivity contribution is 5.72. The number of likely N-dealkylation sites (tertiary alicyclic amines) is 1. The molecule has 4 rings (SSSR count). The lowest BCUT2D eigenvalue weighted by Gasteiger charge is -2.37. The van der Waals surface area contributed by atoms with Gasteiger partial charge in [-0.25, -0.2) is 8.78 Å². The number of β-amino-alcohol motifs (C(OH)–C–C–N with tert-alkyl or cyclic N) is 1. The molecule has 0 amide bonds. The maximum absolute atomic E-state index is 14.2. The van der Waals surface area contributed by atoms with Crippen LogP contribution in [0.1, 0.15) is 12.8 Å². The van der Waals surface area contributed by atoms with Crippen molar-refractivity contribution in [2.75, 3.05) is 33.4 Å². The van der Waals surface area contributed by atoms with E-state index in [1.807, 2.05) is 0 Å². The molecule has 2 aliphatic rings. The zero-order chi connectivity index (χ0) is 21.3. The molecular formula is C23H28F2N2O3. The summed E-state index contributed by atoms with van der Waals surface area (Å²) in [6.45, 7) is 2.34. The monoisotopic (exact) mass is 418 g/mol. The standard InChI is InChI=1S/C23H28F2N2O3/c1-29-23-20(3-2-4-21(23)25)16-7-17(24)9-19(8-16)30-13-18(28)12-27-10-14-5-6-15(11-27)22(14)26/h2-4,7-9,14-15,18,22,28H,5-6,10-13,26H2,1H3/t14-,15+,18?,22?. The Morgan fingerprint density at radius 1 is 1.17 bits per heavy atom. The van der Waals surface area contributed by atoms with Crippen LogP contribution in [-0.4, -0.2) is 55.5 Å². The number of nitrogens with two attached hydrogens (primary N) is 1. The van der Waals surface area contributed by atoms with Crippen LogP contribution in [0.15, 0.2) is 36.4 Å². The van der Waals surface area contributed by atoms with Gasteiger partial charge in [0.1, 0.15) is 24.3 Å². The van der Waals surface area contributed by atoms with E-state index in [9.17, 15) is 13.9 Å². The molecule has 2 fully saturated rings.